The van der Waals surface area contributed by atoms with Crippen LogP contribution in [-0.2, 0) is 9.47 Å². The Bertz CT molecular complexity index is 195. The zero-order chi connectivity index (χ0) is 11.9. The highest BCUT2D eigenvalue weighted by Gasteiger charge is 2.39. The normalized spacial score (nSPS) is 21.6. The molecule has 16 heavy (non-hydrogen) atoms. The van der Waals surface area contributed by atoms with Gasteiger partial charge in [-0.3, -0.25) is 0 Å². The molecule has 0 aliphatic carbocycles. The monoisotopic (exact) mass is 227 g/mol. The molecule has 1 atom stereocenters. The Morgan fingerprint density at radius 2 is 2.12 bits per heavy atom. The molecule has 0 saturated carbocycles. The largest absolute Gasteiger partial charge is 0.381 e. The summed E-state index contributed by atoms with van der Waals surface area (Å²) in [5, 5.41) is 3.52. The molecule has 1 fully saturated rings. The molecule has 3 heteroatoms. The molecule has 1 aliphatic rings. The van der Waals surface area contributed by atoms with E-state index in [0.29, 0.717) is 0 Å². The van der Waals surface area contributed by atoms with Gasteiger partial charge in [-0.2, -0.15) is 0 Å². The maximum atomic E-state index is 6.01. The number of ether oxygens (including phenoxy) is 2. The first-order valence-corrected chi connectivity index (χ1v) is 6.36. The van der Waals surface area contributed by atoms with Gasteiger partial charge in [0.1, 0.15) is 0 Å². The van der Waals surface area contributed by atoms with Gasteiger partial charge >= 0.3 is 0 Å². The Balaban J connectivity index is 2.67. The van der Waals surface area contributed by atoms with Gasteiger partial charge < -0.3 is 14.8 Å². The molecule has 1 N–H and O–H groups in total. The highest BCUT2D eigenvalue weighted by atomic mass is 16.5. The summed E-state index contributed by atoms with van der Waals surface area (Å²) in [5.41, 5.74) is -0.107. The second-order valence-electron chi connectivity index (χ2n) is 4.28. The lowest BCUT2D eigenvalue weighted by Gasteiger charge is -2.42. The third kappa shape index (κ3) is 3.30. The maximum Gasteiger partial charge on any atom is 0.0913 e. The van der Waals surface area contributed by atoms with Crippen LogP contribution in [0, 0.1) is 0 Å². The Hall–Kier alpha value is -0.380. The van der Waals surface area contributed by atoms with Gasteiger partial charge in [0.15, 0.2) is 0 Å². The van der Waals surface area contributed by atoms with Gasteiger partial charge in [0, 0.05) is 32.7 Å². The van der Waals surface area contributed by atoms with Crippen molar-refractivity contribution in [2.45, 2.75) is 44.8 Å². The van der Waals surface area contributed by atoms with Crippen LogP contribution in [0.25, 0.3) is 0 Å². The lowest BCUT2D eigenvalue weighted by atomic mass is 9.85. The van der Waals surface area contributed by atoms with Gasteiger partial charge in [0.2, 0.25) is 0 Å². The van der Waals surface area contributed by atoms with E-state index in [1.807, 2.05) is 6.08 Å². The van der Waals surface area contributed by atoms with E-state index in [-0.39, 0.29) is 11.6 Å². The van der Waals surface area contributed by atoms with Gasteiger partial charge in [0.05, 0.1) is 11.6 Å². The molecule has 3 nitrogen and oxygen atoms in total. The van der Waals surface area contributed by atoms with E-state index < -0.39 is 0 Å². The summed E-state index contributed by atoms with van der Waals surface area (Å²) >= 11 is 0. The zero-order valence-corrected chi connectivity index (χ0v) is 10.6. The highest BCUT2D eigenvalue weighted by molar-refractivity contribution is 5.03. The Morgan fingerprint density at radius 1 is 1.44 bits per heavy atom. The molecule has 0 aromatic carbocycles. The van der Waals surface area contributed by atoms with E-state index in [2.05, 4.69) is 25.7 Å². The van der Waals surface area contributed by atoms with E-state index in [0.717, 1.165) is 45.6 Å². The first kappa shape index (κ1) is 13.7. The Labute approximate surface area is 99.2 Å². The third-order valence-corrected chi connectivity index (χ3v) is 3.19. The van der Waals surface area contributed by atoms with E-state index in [9.17, 15) is 0 Å². The second kappa shape index (κ2) is 7.05. The molecule has 0 aromatic heterocycles. The molecular formula is C13H25NO2. The topological polar surface area (TPSA) is 30.5 Å². The van der Waals surface area contributed by atoms with Gasteiger partial charge in [0.25, 0.3) is 0 Å². The van der Waals surface area contributed by atoms with Crippen molar-refractivity contribution in [2.24, 2.45) is 0 Å². The predicted octanol–water partition coefficient (Wildman–Crippen LogP) is 2.13. The standard InChI is InChI=1S/C13H25NO2/c1-4-9-14-12(5-2)13(16-6-3)7-10-15-11-8-13/h5,12,14H,2,4,6-11H2,1,3H3. The summed E-state index contributed by atoms with van der Waals surface area (Å²) in [5.74, 6) is 0. The van der Waals surface area contributed by atoms with Crippen LogP contribution in [0.3, 0.4) is 0 Å². The van der Waals surface area contributed by atoms with Crippen molar-refractivity contribution in [2.75, 3.05) is 26.4 Å². The highest BCUT2D eigenvalue weighted by Crippen LogP contribution is 2.29. The van der Waals surface area contributed by atoms with Crippen LogP contribution in [0.4, 0.5) is 0 Å². The van der Waals surface area contributed by atoms with Crippen molar-refractivity contribution in [1.82, 2.24) is 5.32 Å². The zero-order valence-electron chi connectivity index (χ0n) is 10.6. The maximum absolute atomic E-state index is 6.01. The SMILES string of the molecule is C=CC(NCCC)C1(OCC)CCOCC1. The average molecular weight is 227 g/mol. The van der Waals surface area contributed by atoms with Gasteiger partial charge in [-0.25, -0.2) is 0 Å². The summed E-state index contributed by atoms with van der Waals surface area (Å²) in [7, 11) is 0. The second-order valence-corrected chi connectivity index (χ2v) is 4.28. The Kier molecular flexibility index (Phi) is 6.03. The number of rotatable bonds is 7. The fourth-order valence-corrected chi connectivity index (χ4v) is 2.33. The summed E-state index contributed by atoms with van der Waals surface area (Å²) < 4.78 is 11.4. The van der Waals surface area contributed by atoms with Crippen molar-refractivity contribution in [3.63, 3.8) is 0 Å². The summed E-state index contributed by atoms with van der Waals surface area (Å²) in [6.07, 6.45) is 5.02. The molecule has 1 rings (SSSR count). The molecule has 0 radical (unpaired) electrons. The molecule has 1 aliphatic heterocycles. The van der Waals surface area contributed by atoms with Crippen LogP contribution in [-0.4, -0.2) is 38.0 Å². The molecule has 94 valence electrons. The lowest BCUT2D eigenvalue weighted by molar-refractivity contribution is -0.118. The molecule has 0 aromatic rings. The van der Waals surface area contributed by atoms with Crippen molar-refractivity contribution >= 4 is 0 Å². The summed E-state index contributed by atoms with van der Waals surface area (Å²) in [6, 6.07) is 0.233. The van der Waals surface area contributed by atoms with E-state index >= 15 is 0 Å². The fourth-order valence-electron chi connectivity index (χ4n) is 2.33. The summed E-state index contributed by atoms with van der Waals surface area (Å²) in [6.45, 7) is 11.5. The number of hydrogen-bond acceptors (Lipinski definition) is 3. The minimum absolute atomic E-state index is 0.107. The van der Waals surface area contributed by atoms with Gasteiger partial charge in [-0.1, -0.05) is 13.0 Å². The summed E-state index contributed by atoms with van der Waals surface area (Å²) in [4.78, 5) is 0. The van der Waals surface area contributed by atoms with Crippen LogP contribution in [0.5, 0.6) is 0 Å². The van der Waals surface area contributed by atoms with Crippen LogP contribution in [0.1, 0.15) is 33.1 Å². The Morgan fingerprint density at radius 3 is 2.62 bits per heavy atom. The average Bonchev–Trinajstić information content (AvgIpc) is 2.31. The van der Waals surface area contributed by atoms with Crippen molar-refractivity contribution in [3.8, 4) is 0 Å². The first-order valence-electron chi connectivity index (χ1n) is 6.36. The minimum atomic E-state index is -0.107. The van der Waals surface area contributed by atoms with Crippen LogP contribution in [0.2, 0.25) is 0 Å². The number of nitrogens with one attached hydrogen (secondary N) is 1. The van der Waals surface area contributed by atoms with E-state index in [1.165, 1.54) is 0 Å². The fraction of sp³-hybridized carbons (Fsp3) is 0.846. The van der Waals surface area contributed by atoms with Crippen LogP contribution in [0.15, 0.2) is 12.7 Å². The molecule has 0 spiro atoms. The third-order valence-electron chi connectivity index (χ3n) is 3.19. The van der Waals surface area contributed by atoms with Gasteiger partial charge in [-0.15, -0.1) is 6.58 Å². The molecule has 0 amide bonds. The van der Waals surface area contributed by atoms with Crippen LogP contribution < -0.4 is 5.32 Å². The number of hydrogen-bond donors (Lipinski definition) is 1. The lowest BCUT2D eigenvalue weighted by Crippen LogP contribution is -2.54. The smallest absolute Gasteiger partial charge is 0.0913 e. The van der Waals surface area contributed by atoms with Crippen LogP contribution >= 0.6 is 0 Å². The quantitative estimate of drug-likeness (QED) is 0.676. The van der Waals surface area contributed by atoms with E-state index in [1.54, 1.807) is 0 Å². The van der Waals surface area contributed by atoms with E-state index in [4.69, 9.17) is 9.47 Å². The molecule has 1 heterocycles. The molecular weight excluding hydrogens is 202 g/mol. The molecule has 0 bridgehead atoms. The van der Waals surface area contributed by atoms with Crippen molar-refractivity contribution in [3.05, 3.63) is 12.7 Å². The predicted molar refractivity (Wildman–Crippen MR) is 66.7 cm³/mol. The first-order chi connectivity index (χ1) is 7.79. The molecule has 1 unspecified atom stereocenters. The van der Waals surface area contributed by atoms with Crippen molar-refractivity contribution < 1.29 is 9.47 Å². The molecule has 1 saturated heterocycles. The van der Waals surface area contributed by atoms with Crippen molar-refractivity contribution in [1.29, 1.82) is 0 Å². The minimum Gasteiger partial charge on any atom is -0.381 e. The van der Waals surface area contributed by atoms with Gasteiger partial charge in [-0.05, 0) is 19.9 Å².